The van der Waals surface area contributed by atoms with E-state index in [-0.39, 0.29) is 0 Å². The number of thioether (sulfide) groups is 2. The zero-order chi connectivity index (χ0) is 53.5. The van der Waals surface area contributed by atoms with Gasteiger partial charge in [-0.3, -0.25) is 9.05 Å². The molecule has 1 fully saturated rings. The summed E-state index contributed by atoms with van der Waals surface area (Å²) in [6.07, 6.45) is -22.3. The minimum Gasteiger partial charge on any atom is -0.302 e. The van der Waals surface area contributed by atoms with E-state index in [1.165, 1.54) is 0 Å². The van der Waals surface area contributed by atoms with Crippen LogP contribution in [0.1, 0.15) is 12.8 Å². The standard InChI is InChI=1S/C25H17F34O4PS2/c26-10(27,12(30,31)14(34,35)16(38,39)18(42,43)20(46,47)22(50,51)24(54,55)56)1-3-65-7-9(5-62-64(60,61)63-6-9)8-66-4-2-11(28,29)13(32,33)15(36,37)17(40,41)19(44,45)21(48,49)23(52,53)25(57,58)59/h1-8H2,(H,60,61). The number of halogens is 34. The molecule has 66 heavy (non-hydrogen) atoms. The molecule has 1 aliphatic heterocycles. The molecule has 0 bridgehead atoms. The van der Waals surface area contributed by atoms with Crippen LogP contribution in [0.3, 0.4) is 0 Å². The van der Waals surface area contributed by atoms with Crippen molar-refractivity contribution in [2.45, 2.75) is 108 Å². The molecule has 0 radical (unpaired) electrons. The Hall–Kier alpha value is -1.57. The fraction of sp³-hybridized carbons (Fsp3) is 1.00. The Balaban J connectivity index is 3.33. The van der Waals surface area contributed by atoms with E-state index in [1.807, 2.05) is 0 Å². The van der Waals surface area contributed by atoms with Crippen molar-refractivity contribution in [2.24, 2.45) is 5.41 Å². The SMILES string of the molecule is O=P1(O)OCC(CSCCC(F)(F)C(F)(F)C(F)(F)C(F)(F)C(F)(F)C(F)(F)C(F)(F)C(F)(F)F)(CSCCC(F)(F)C(F)(F)C(F)(F)C(F)(F)C(F)(F)C(F)(F)C(F)(F)C(F)(F)F)CO1. The molecule has 1 aliphatic rings. The Kier molecular flexibility index (Phi) is 16.7. The molecular weight excluding hydrogens is 1110 g/mol. The average Bonchev–Trinajstić information content (AvgIpc) is 3.11. The van der Waals surface area contributed by atoms with E-state index in [0.29, 0.717) is 0 Å². The van der Waals surface area contributed by atoms with Crippen molar-refractivity contribution < 1.29 is 168 Å². The van der Waals surface area contributed by atoms with Crippen LogP contribution in [-0.2, 0) is 13.6 Å². The minimum absolute atomic E-state index is 0.472. The molecule has 41 heteroatoms. The van der Waals surface area contributed by atoms with E-state index < -0.39 is 181 Å². The van der Waals surface area contributed by atoms with E-state index in [0.717, 1.165) is 0 Å². The predicted molar refractivity (Wildman–Crippen MR) is 149 cm³/mol. The molecule has 0 amide bonds. The van der Waals surface area contributed by atoms with Gasteiger partial charge < -0.3 is 4.89 Å². The lowest BCUT2D eigenvalue weighted by atomic mass is 9.88. The highest BCUT2D eigenvalue weighted by atomic mass is 32.2. The zero-order valence-electron chi connectivity index (χ0n) is 29.9. The first-order valence-electron chi connectivity index (χ1n) is 15.5. The van der Waals surface area contributed by atoms with Crippen LogP contribution >= 0.6 is 31.3 Å². The largest absolute Gasteiger partial charge is 0.472 e. The first-order chi connectivity index (χ1) is 28.3. The van der Waals surface area contributed by atoms with Gasteiger partial charge in [0.25, 0.3) is 0 Å². The molecule has 4 nitrogen and oxygen atoms in total. The summed E-state index contributed by atoms with van der Waals surface area (Å²) in [5.74, 6) is -125. The second kappa shape index (κ2) is 17.6. The van der Waals surface area contributed by atoms with Gasteiger partial charge in [0.05, 0.1) is 13.2 Å². The predicted octanol–water partition coefficient (Wildman–Crippen LogP) is 13.4. The van der Waals surface area contributed by atoms with Crippen LogP contribution in [0, 0.1) is 5.41 Å². The van der Waals surface area contributed by atoms with E-state index in [2.05, 4.69) is 9.05 Å². The first kappa shape index (κ1) is 62.4. The highest BCUT2D eigenvalue weighted by Crippen LogP contribution is 2.66. The normalized spacial score (nSPS) is 19.1. The molecule has 0 aromatic heterocycles. The molecule has 0 atom stereocenters. The van der Waals surface area contributed by atoms with E-state index in [4.69, 9.17) is 0 Å². The Morgan fingerprint density at radius 1 is 0.364 bits per heavy atom. The molecule has 1 heterocycles. The third-order valence-electron chi connectivity index (χ3n) is 8.58. The van der Waals surface area contributed by atoms with Crippen molar-refractivity contribution in [3.05, 3.63) is 0 Å². The second-order valence-corrected chi connectivity index (χ2v) is 17.1. The van der Waals surface area contributed by atoms with E-state index >= 15 is 0 Å². The lowest BCUT2D eigenvalue weighted by molar-refractivity contribution is -0.461. The maximum Gasteiger partial charge on any atom is 0.472 e. The molecule has 0 spiro atoms. The number of rotatable bonds is 22. The fourth-order valence-electron chi connectivity index (χ4n) is 4.41. The van der Waals surface area contributed by atoms with Gasteiger partial charge in [0, 0.05) is 29.8 Å². The average molecular weight is 1120 g/mol. The zero-order valence-corrected chi connectivity index (χ0v) is 32.5. The van der Waals surface area contributed by atoms with Crippen molar-refractivity contribution in [3.8, 4) is 0 Å². The van der Waals surface area contributed by atoms with Gasteiger partial charge in [0.1, 0.15) is 0 Å². The molecule has 1 rings (SSSR count). The number of phosphoric ester groups is 1. The quantitative estimate of drug-likeness (QED) is 0.0662. The summed E-state index contributed by atoms with van der Waals surface area (Å²) in [7, 11) is -5.22. The van der Waals surface area contributed by atoms with Crippen LogP contribution in [0.4, 0.5) is 149 Å². The molecule has 1 N–H and O–H groups in total. The van der Waals surface area contributed by atoms with Crippen molar-refractivity contribution in [2.75, 3.05) is 36.2 Å². The highest BCUT2D eigenvalue weighted by Gasteiger charge is 2.97. The lowest BCUT2D eigenvalue weighted by Gasteiger charge is -2.43. The van der Waals surface area contributed by atoms with Gasteiger partial charge in [0.2, 0.25) is 0 Å². The highest BCUT2D eigenvalue weighted by molar-refractivity contribution is 8.00. The van der Waals surface area contributed by atoms with Crippen LogP contribution < -0.4 is 0 Å². The second-order valence-electron chi connectivity index (χ2n) is 13.4. The summed E-state index contributed by atoms with van der Waals surface area (Å²) in [4.78, 5) is 9.28. The van der Waals surface area contributed by atoms with Crippen molar-refractivity contribution in [3.63, 3.8) is 0 Å². The molecule has 0 unspecified atom stereocenters. The molecular formula is C25H17F34O4PS2. The lowest BCUT2D eigenvalue weighted by Crippen LogP contribution is -2.74. The van der Waals surface area contributed by atoms with Crippen molar-refractivity contribution in [1.29, 1.82) is 0 Å². The number of hydrogen-bond acceptors (Lipinski definition) is 5. The van der Waals surface area contributed by atoms with Crippen molar-refractivity contribution >= 4 is 31.3 Å². The third-order valence-corrected chi connectivity index (χ3v) is 12.1. The monoisotopic (exact) mass is 1120 g/mol. The Morgan fingerprint density at radius 3 is 0.773 bits per heavy atom. The van der Waals surface area contributed by atoms with Crippen molar-refractivity contribution in [1.82, 2.24) is 0 Å². The molecule has 396 valence electrons. The third kappa shape index (κ3) is 9.63. The molecule has 0 aromatic rings. The van der Waals surface area contributed by atoms with Gasteiger partial charge in [0.15, 0.2) is 0 Å². The summed E-state index contributed by atoms with van der Waals surface area (Å²) in [6.45, 7) is -2.90. The minimum atomic E-state index is -8.97. The number of hydrogen-bond donors (Lipinski definition) is 1. The summed E-state index contributed by atoms with van der Waals surface area (Å²) in [5, 5.41) is 0. The topological polar surface area (TPSA) is 55.8 Å². The Morgan fingerprint density at radius 2 is 0.561 bits per heavy atom. The van der Waals surface area contributed by atoms with Gasteiger partial charge in [-0.15, -0.1) is 0 Å². The molecule has 1 saturated heterocycles. The summed E-state index contributed by atoms with van der Waals surface area (Å²) >= 11 is -0.945. The molecule has 0 saturated carbocycles. The van der Waals surface area contributed by atoms with Gasteiger partial charge in [-0.1, -0.05) is 0 Å². The number of alkyl halides is 34. The van der Waals surface area contributed by atoms with E-state index in [9.17, 15) is 159 Å². The first-order valence-corrected chi connectivity index (χ1v) is 19.3. The summed E-state index contributed by atoms with van der Waals surface area (Å²) < 4.78 is 479. The van der Waals surface area contributed by atoms with E-state index in [1.54, 1.807) is 0 Å². The molecule has 0 aliphatic carbocycles. The van der Waals surface area contributed by atoms with Crippen LogP contribution in [-0.4, -0.2) is 136 Å². The van der Waals surface area contributed by atoms with Crippen LogP contribution in [0.5, 0.6) is 0 Å². The van der Waals surface area contributed by atoms with Gasteiger partial charge in [-0.2, -0.15) is 173 Å². The van der Waals surface area contributed by atoms with Gasteiger partial charge >= 0.3 is 103 Å². The Labute approximate surface area is 349 Å². The summed E-state index contributed by atoms with van der Waals surface area (Å²) in [6, 6.07) is 0. The van der Waals surface area contributed by atoms with Gasteiger partial charge in [-0.25, -0.2) is 4.57 Å². The number of phosphoric acid groups is 1. The maximum atomic E-state index is 14.3. The van der Waals surface area contributed by atoms with Gasteiger partial charge in [-0.05, 0) is 11.5 Å². The fourth-order valence-corrected chi connectivity index (χ4v) is 7.98. The summed E-state index contributed by atoms with van der Waals surface area (Å²) in [5.41, 5.74) is -2.43. The smallest absolute Gasteiger partial charge is 0.302 e. The van der Waals surface area contributed by atoms with Crippen LogP contribution in [0.2, 0.25) is 0 Å². The van der Waals surface area contributed by atoms with Crippen LogP contribution in [0.25, 0.3) is 0 Å². The maximum absolute atomic E-state index is 14.3. The Bertz CT molecular complexity index is 1620. The molecule has 0 aromatic carbocycles. The van der Waals surface area contributed by atoms with Crippen LogP contribution in [0.15, 0.2) is 0 Å².